The lowest BCUT2D eigenvalue weighted by molar-refractivity contribution is -0.379. The molecule has 0 aromatic carbocycles. The number of aliphatic hydroxyl groups is 11. The van der Waals surface area contributed by atoms with Crippen LogP contribution in [0, 0.1) is 0 Å². The molecule has 0 radical (unpaired) electrons. The minimum Gasteiger partial charge on any atom is -0.394 e. The highest BCUT2D eigenvalue weighted by Gasteiger charge is 2.54. The highest BCUT2D eigenvalue weighted by molar-refractivity contribution is 5.76. The molecular weight excluding hydrogens is 1250 g/mol. The molecule has 12 N–H and O–H groups in total. The highest BCUT2D eigenvalue weighted by atomic mass is 16.8. The predicted molar refractivity (Wildman–Crippen MR) is 388 cm³/mol. The number of hydrogen-bond donors (Lipinski definition) is 12. The Bertz CT molecular complexity index is 1960. The van der Waals surface area contributed by atoms with Crippen molar-refractivity contribution in [3.05, 3.63) is 48.6 Å². The van der Waals surface area contributed by atoms with Gasteiger partial charge in [-0.1, -0.05) is 294 Å². The molecule has 1 amide bonds. The van der Waals surface area contributed by atoms with Crippen LogP contribution in [-0.4, -0.2) is 193 Å². The second kappa shape index (κ2) is 60.1. The molecule has 574 valence electrons. The summed E-state index contributed by atoms with van der Waals surface area (Å²) >= 11 is 0. The average molecular weight is 1400 g/mol. The third-order valence-corrected chi connectivity index (χ3v) is 19.8. The lowest BCUT2D eigenvalue weighted by Gasteiger charge is -2.48. The Morgan fingerprint density at radius 2 is 0.684 bits per heavy atom. The van der Waals surface area contributed by atoms with Gasteiger partial charge in [-0.05, 0) is 64.2 Å². The fourth-order valence-corrected chi connectivity index (χ4v) is 13.4. The Labute approximate surface area is 593 Å². The van der Waals surface area contributed by atoms with Gasteiger partial charge in [0, 0.05) is 6.42 Å². The van der Waals surface area contributed by atoms with Crippen LogP contribution in [0.3, 0.4) is 0 Å². The van der Waals surface area contributed by atoms with Gasteiger partial charge >= 0.3 is 0 Å². The van der Waals surface area contributed by atoms with Crippen LogP contribution < -0.4 is 5.32 Å². The largest absolute Gasteiger partial charge is 0.394 e. The smallest absolute Gasteiger partial charge is 0.220 e. The molecule has 19 nitrogen and oxygen atoms in total. The molecule has 3 aliphatic heterocycles. The molecule has 3 fully saturated rings. The van der Waals surface area contributed by atoms with Crippen molar-refractivity contribution in [2.24, 2.45) is 0 Å². The van der Waals surface area contributed by atoms with Crippen molar-refractivity contribution in [2.75, 3.05) is 26.4 Å². The summed E-state index contributed by atoms with van der Waals surface area (Å²) < 4.78 is 34.4. The lowest BCUT2D eigenvalue weighted by atomic mass is 9.96. The van der Waals surface area contributed by atoms with Gasteiger partial charge in [0.25, 0.3) is 0 Å². The molecule has 0 aromatic rings. The molecule has 98 heavy (non-hydrogen) atoms. The lowest BCUT2D eigenvalue weighted by Crippen LogP contribution is -2.66. The molecule has 0 saturated carbocycles. The van der Waals surface area contributed by atoms with E-state index in [1.807, 2.05) is 6.08 Å². The zero-order valence-corrected chi connectivity index (χ0v) is 61.3. The van der Waals surface area contributed by atoms with Gasteiger partial charge in [-0.3, -0.25) is 4.79 Å². The Kier molecular flexibility index (Phi) is 55.1. The van der Waals surface area contributed by atoms with Gasteiger partial charge in [0.05, 0.1) is 38.6 Å². The van der Waals surface area contributed by atoms with Crippen molar-refractivity contribution >= 4 is 5.91 Å². The third-order valence-electron chi connectivity index (χ3n) is 19.8. The van der Waals surface area contributed by atoms with Gasteiger partial charge in [-0.2, -0.15) is 0 Å². The molecular formula is C79H145NO18. The molecule has 3 aliphatic rings. The minimum atomic E-state index is -1.98. The van der Waals surface area contributed by atoms with E-state index in [4.69, 9.17) is 28.4 Å². The van der Waals surface area contributed by atoms with Gasteiger partial charge in [0.15, 0.2) is 18.9 Å². The van der Waals surface area contributed by atoms with Crippen LogP contribution in [0.2, 0.25) is 0 Å². The average Bonchev–Trinajstić information content (AvgIpc) is 0.784. The number of carbonyl (C=O) groups excluding carboxylic acids is 1. The molecule has 17 atom stereocenters. The summed E-state index contributed by atoms with van der Waals surface area (Å²) in [5, 5.41) is 121. The molecule has 3 heterocycles. The van der Waals surface area contributed by atoms with E-state index in [1.165, 1.54) is 238 Å². The molecule has 19 heteroatoms. The van der Waals surface area contributed by atoms with E-state index in [-0.39, 0.29) is 18.9 Å². The first-order valence-electron chi connectivity index (χ1n) is 39.9. The number of carbonyl (C=O) groups is 1. The van der Waals surface area contributed by atoms with E-state index >= 15 is 0 Å². The summed E-state index contributed by atoms with van der Waals surface area (Å²) in [7, 11) is 0. The fourth-order valence-electron chi connectivity index (χ4n) is 13.4. The zero-order chi connectivity index (χ0) is 71.1. The topological polar surface area (TPSA) is 307 Å². The summed E-state index contributed by atoms with van der Waals surface area (Å²) in [5.41, 5.74) is 0. The van der Waals surface area contributed by atoms with E-state index in [9.17, 15) is 61.0 Å². The van der Waals surface area contributed by atoms with Crippen LogP contribution in [0.25, 0.3) is 0 Å². The number of hydrogen-bond acceptors (Lipinski definition) is 18. The van der Waals surface area contributed by atoms with Gasteiger partial charge in [0.2, 0.25) is 5.91 Å². The Balaban J connectivity index is 1.32. The first-order valence-corrected chi connectivity index (χ1v) is 39.9. The van der Waals surface area contributed by atoms with Crippen LogP contribution in [0.15, 0.2) is 48.6 Å². The van der Waals surface area contributed by atoms with E-state index in [1.54, 1.807) is 6.08 Å². The van der Waals surface area contributed by atoms with Crippen molar-refractivity contribution < 1.29 is 89.4 Å². The summed E-state index contributed by atoms with van der Waals surface area (Å²) in [5.74, 6) is -0.280. The number of allylic oxidation sites excluding steroid dienone is 7. The van der Waals surface area contributed by atoms with E-state index < -0.39 is 124 Å². The van der Waals surface area contributed by atoms with Crippen LogP contribution in [0.5, 0.6) is 0 Å². The van der Waals surface area contributed by atoms with Crippen molar-refractivity contribution in [3.63, 3.8) is 0 Å². The number of nitrogens with one attached hydrogen (secondary N) is 1. The predicted octanol–water partition coefficient (Wildman–Crippen LogP) is 12.9. The van der Waals surface area contributed by atoms with E-state index in [0.29, 0.717) is 12.8 Å². The molecule has 17 unspecified atom stereocenters. The summed E-state index contributed by atoms with van der Waals surface area (Å²) in [6, 6.07) is -0.989. The molecule has 0 bridgehead atoms. The fraction of sp³-hybridized carbons (Fsp3) is 0.886. The zero-order valence-electron chi connectivity index (χ0n) is 61.3. The Morgan fingerprint density at radius 3 is 1.08 bits per heavy atom. The molecule has 3 rings (SSSR count). The van der Waals surface area contributed by atoms with Gasteiger partial charge in [-0.15, -0.1) is 0 Å². The monoisotopic (exact) mass is 1400 g/mol. The maximum atomic E-state index is 13.4. The standard InChI is InChI=1S/C79H145NO18/c1-3-5-7-9-11-13-15-17-19-21-22-23-24-25-26-27-28-29-30-31-32-33-34-35-36-37-38-39-40-41-43-45-47-49-51-53-55-57-67(85)80-62(63(84)56-54-52-50-48-46-44-42-20-18-16-14-12-10-8-6-4-2)61-93-77-73(91)70(88)75(65(59-82)95-77)98-79-74(92)71(89)76(66(60-83)96-79)97-78-72(90)69(87)68(86)64(58-81)94-78/h15,17,21-22,46,48,54,56,62-66,68-79,81-84,86-92H,3-14,16,18-20,23-45,47,49-53,55,57-61H2,1-2H3,(H,80,85)/b17-15-,22-21-,48-46+,56-54+. The van der Waals surface area contributed by atoms with Crippen LogP contribution in [-0.2, 0) is 33.2 Å². The Hall–Kier alpha value is -2.25. The normalized spacial score (nSPS) is 27.0. The summed E-state index contributed by atoms with van der Waals surface area (Å²) in [6.45, 7) is 1.73. The first kappa shape index (κ1) is 90.0. The number of unbranched alkanes of at least 4 members (excludes halogenated alkanes) is 41. The number of aliphatic hydroxyl groups excluding tert-OH is 11. The van der Waals surface area contributed by atoms with Gasteiger partial charge in [-0.25, -0.2) is 0 Å². The molecule has 0 aromatic heterocycles. The summed E-state index contributed by atoms with van der Waals surface area (Å²) in [4.78, 5) is 13.4. The van der Waals surface area contributed by atoms with Crippen molar-refractivity contribution in [1.82, 2.24) is 5.32 Å². The third kappa shape index (κ3) is 40.1. The SMILES string of the molecule is CCCCCCC/C=C\C/C=C\CCCCCCCCCCCCCCCCCCCCCCCCCCCC(=O)NC(COC1OC(CO)C(OC2OC(CO)C(OC3OC(CO)C(O)C(O)C3O)C(O)C2O)C(O)C1O)C(O)/C=C/CC/C=C/CCCCCCCCCCCC. The maximum absolute atomic E-state index is 13.4. The van der Waals surface area contributed by atoms with Crippen LogP contribution in [0.1, 0.15) is 316 Å². The van der Waals surface area contributed by atoms with Crippen LogP contribution in [0.4, 0.5) is 0 Å². The quantitative estimate of drug-likeness (QED) is 0.0199. The van der Waals surface area contributed by atoms with Crippen molar-refractivity contribution in [1.29, 1.82) is 0 Å². The van der Waals surface area contributed by atoms with Crippen LogP contribution >= 0.6 is 0 Å². The molecule has 0 aliphatic carbocycles. The Morgan fingerprint density at radius 1 is 0.367 bits per heavy atom. The number of rotatable bonds is 63. The van der Waals surface area contributed by atoms with Crippen molar-refractivity contribution in [3.8, 4) is 0 Å². The highest BCUT2D eigenvalue weighted by Crippen LogP contribution is 2.33. The maximum Gasteiger partial charge on any atom is 0.220 e. The molecule has 3 saturated heterocycles. The number of amides is 1. The molecule has 0 spiro atoms. The van der Waals surface area contributed by atoms with E-state index in [0.717, 1.165) is 44.9 Å². The second-order valence-electron chi connectivity index (χ2n) is 28.5. The van der Waals surface area contributed by atoms with E-state index in [2.05, 4.69) is 55.6 Å². The summed E-state index contributed by atoms with van der Waals surface area (Å²) in [6.07, 6.45) is 48.4. The van der Waals surface area contributed by atoms with Gasteiger partial charge in [0.1, 0.15) is 73.2 Å². The van der Waals surface area contributed by atoms with Gasteiger partial charge < -0.3 is 89.9 Å². The second-order valence-corrected chi connectivity index (χ2v) is 28.5. The van der Waals surface area contributed by atoms with Crippen molar-refractivity contribution in [2.45, 2.75) is 420 Å². The minimum absolute atomic E-state index is 0.239. The number of ether oxygens (including phenoxy) is 6. The first-order chi connectivity index (χ1) is 47.8.